The summed E-state index contributed by atoms with van der Waals surface area (Å²) in [5, 5.41) is 13.1. The van der Waals surface area contributed by atoms with E-state index in [9.17, 15) is 18.0 Å². The van der Waals surface area contributed by atoms with Crippen LogP contribution in [0.1, 0.15) is 45.6 Å². The number of pyridine rings is 1. The number of nitrogens with zero attached hydrogens (tertiary/aromatic N) is 5. The number of carbonyl (C=O) groups is 2. The van der Waals surface area contributed by atoms with E-state index in [-0.39, 0.29) is 72.6 Å². The Morgan fingerprint density at radius 2 is 1.69 bits per heavy atom. The maximum atomic E-state index is 14.3. The van der Waals surface area contributed by atoms with Crippen LogP contribution in [0.3, 0.4) is 0 Å². The van der Waals surface area contributed by atoms with Crippen molar-refractivity contribution in [2.24, 2.45) is 10.9 Å². The van der Waals surface area contributed by atoms with E-state index < -0.39 is 16.1 Å². The van der Waals surface area contributed by atoms with E-state index in [1.807, 2.05) is 32.0 Å². The molecule has 13 nitrogen and oxygen atoms in total. The van der Waals surface area contributed by atoms with Crippen LogP contribution in [-0.4, -0.2) is 96.2 Å². The number of carbonyl (C=O) groups excluding carboxylic acids is 2. The van der Waals surface area contributed by atoms with Crippen LogP contribution in [0.2, 0.25) is 5.02 Å². The molecule has 0 aliphatic carbocycles. The van der Waals surface area contributed by atoms with Gasteiger partial charge in [0.25, 0.3) is 5.91 Å². The number of hydrogen-bond donors (Lipinski definition) is 2. The highest BCUT2D eigenvalue weighted by molar-refractivity contribution is 7.89. The lowest BCUT2D eigenvalue weighted by Gasteiger charge is -2.37. The van der Waals surface area contributed by atoms with Gasteiger partial charge >= 0.3 is 0 Å². The van der Waals surface area contributed by atoms with E-state index >= 15 is 0 Å². The van der Waals surface area contributed by atoms with Crippen LogP contribution >= 0.6 is 11.6 Å². The number of amides is 2. The first-order valence-electron chi connectivity index (χ1n) is 16.5. The van der Waals surface area contributed by atoms with Crippen LogP contribution in [0.5, 0.6) is 11.5 Å². The van der Waals surface area contributed by atoms with Crippen LogP contribution in [0, 0.1) is 13.8 Å². The monoisotopic (exact) mass is 734 g/mol. The van der Waals surface area contributed by atoms with Gasteiger partial charge < -0.3 is 30.2 Å². The Balaban J connectivity index is 1.17. The van der Waals surface area contributed by atoms with Crippen LogP contribution in [0.25, 0.3) is 10.9 Å². The standard InChI is InChI=1S/C36H39ClN6O7S/c1-22-20-23(2)39-32-26(22)6-4-8-30(32)50-21-27-28(37)13-14-31(33(27)49-3)51(47,48)43-15-5-7-29(43)36(45)42-18-16-41(17-19-42)35(44)25-11-9-24(10-12-25)34(38)40-46/h4,6,8-14,20,29,46H,5,7,15-19,21H2,1-3H3,(H2,38,40). The van der Waals surface area contributed by atoms with E-state index in [4.69, 9.17) is 32.0 Å². The molecule has 3 N–H and O–H groups in total. The molecule has 0 spiro atoms. The molecule has 1 unspecified atom stereocenters. The maximum Gasteiger partial charge on any atom is 0.253 e. The number of fused-ring (bicyclic) bond motifs is 1. The number of halogens is 1. The van der Waals surface area contributed by atoms with E-state index in [2.05, 4.69) is 10.1 Å². The molecule has 2 aliphatic rings. The van der Waals surface area contributed by atoms with Gasteiger partial charge in [0.15, 0.2) is 5.84 Å². The number of oxime groups is 1. The van der Waals surface area contributed by atoms with Crippen molar-refractivity contribution in [2.45, 2.75) is 44.2 Å². The second-order valence-electron chi connectivity index (χ2n) is 12.5. The predicted octanol–water partition coefficient (Wildman–Crippen LogP) is 4.32. The SMILES string of the molecule is COc1c(S(=O)(=O)N2CCCC2C(=O)N2CCN(C(=O)c3ccc(/C(N)=N\O)cc3)CC2)ccc(Cl)c1COc1cccc2c(C)cc(C)nc12. The Labute approximate surface area is 301 Å². The third-order valence-electron chi connectivity index (χ3n) is 9.37. The number of piperazine rings is 1. The maximum absolute atomic E-state index is 14.3. The summed E-state index contributed by atoms with van der Waals surface area (Å²) in [4.78, 5) is 34.8. The van der Waals surface area contributed by atoms with Crippen molar-refractivity contribution in [3.8, 4) is 11.5 Å². The molecule has 6 rings (SSSR count). The molecule has 2 fully saturated rings. The second kappa shape index (κ2) is 14.7. The minimum Gasteiger partial charge on any atom is -0.495 e. The van der Waals surface area contributed by atoms with Gasteiger partial charge in [-0.2, -0.15) is 4.31 Å². The molecule has 15 heteroatoms. The molecule has 0 saturated carbocycles. The Kier molecular flexibility index (Phi) is 10.4. The number of benzene rings is 3. The zero-order valence-electron chi connectivity index (χ0n) is 28.5. The molecule has 4 aromatic rings. The first-order chi connectivity index (χ1) is 24.4. The number of amidine groups is 1. The zero-order valence-corrected chi connectivity index (χ0v) is 30.1. The first-order valence-corrected chi connectivity index (χ1v) is 18.3. The number of para-hydroxylation sites is 1. The summed E-state index contributed by atoms with van der Waals surface area (Å²) in [5.41, 5.74) is 9.46. The van der Waals surface area contributed by atoms with Gasteiger partial charge in [-0.3, -0.25) is 9.59 Å². The molecule has 2 aliphatic heterocycles. The molecule has 3 heterocycles. The van der Waals surface area contributed by atoms with E-state index in [0.717, 1.165) is 16.6 Å². The number of methoxy groups -OCH3 is 1. The van der Waals surface area contributed by atoms with Crippen LogP contribution < -0.4 is 15.2 Å². The normalized spacial score (nSPS) is 17.2. The first kappa shape index (κ1) is 35.9. The topological polar surface area (TPSA) is 168 Å². The lowest BCUT2D eigenvalue weighted by Crippen LogP contribution is -2.55. The fourth-order valence-electron chi connectivity index (χ4n) is 6.73. The van der Waals surface area contributed by atoms with E-state index in [0.29, 0.717) is 40.8 Å². The van der Waals surface area contributed by atoms with Gasteiger partial charge in [-0.05, 0) is 68.7 Å². The summed E-state index contributed by atoms with van der Waals surface area (Å²) in [6.45, 7) is 5.07. The van der Waals surface area contributed by atoms with Crippen LogP contribution in [0.15, 0.2) is 70.7 Å². The molecule has 1 aromatic heterocycles. The number of sulfonamides is 1. The van der Waals surface area contributed by atoms with Crippen molar-refractivity contribution < 1.29 is 32.7 Å². The smallest absolute Gasteiger partial charge is 0.253 e. The molecule has 0 bridgehead atoms. The molecule has 0 radical (unpaired) electrons. The molecule has 3 aromatic carbocycles. The Hall–Kier alpha value is -4.92. The van der Waals surface area contributed by atoms with Crippen molar-refractivity contribution >= 4 is 50.2 Å². The highest BCUT2D eigenvalue weighted by Gasteiger charge is 2.43. The van der Waals surface area contributed by atoms with Gasteiger partial charge in [0.2, 0.25) is 15.9 Å². The molecule has 2 saturated heterocycles. The predicted molar refractivity (Wildman–Crippen MR) is 192 cm³/mol. The third kappa shape index (κ3) is 7.03. The van der Waals surface area contributed by atoms with Gasteiger partial charge in [-0.1, -0.05) is 41.0 Å². The van der Waals surface area contributed by atoms with Gasteiger partial charge in [0.05, 0.1) is 17.7 Å². The molecular formula is C36H39ClN6O7S. The van der Waals surface area contributed by atoms with Gasteiger partial charge in [0, 0.05) is 54.9 Å². The second-order valence-corrected chi connectivity index (χ2v) is 14.8. The van der Waals surface area contributed by atoms with Gasteiger partial charge in [-0.15, -0.1) is 0 Å². The summed E-state index contributed by atoms with van der Waals surface area (Å²) >= 11 is 6.61. The number of rotatable bonds is 9. The minimum absolute atomic E-state index is 0.0487. The molecule has 2 amide bonds. The minimum atomic E-state index is -4.22. The lowest BCUT2D eigenvalue weighted by atomic mass is 10.1. The molecule has 51 heavy (non-hydrogen) atoms. The van der Waals surface area contributed by atoms with Gasteiger partial charge in [-0.25, -0.2) is 13.4 Å². The fraction of sp³-hybridized carbons (Fsp3) is 0.333. The van der Waals surface area contributed by atoms with Crippen molar-refractivity contribution in [3.05, 3.63) is 93.6 Å². The van der Waals surface area contributed by atoms with Crippen molar-refractivity contribution in [2.75, 3.05) is 39.8 Å². The quantitative estimate of drug-likeness (QED) is 0.110. The highest BCUT2D eigenvalue weighted by Crippen LogP contribution is 2.39. The van der Waals surface area contributed by atoms with E-state index in [1.165, 1.54) is 23.5 Å². The van der Waals surface area contributed by atoms with Crippen molar-refractivity contribution in [1.29, 1.82) is 0 Å². The molecule has 1 atom stereocenters. The number of aryl methyl sites for hydroxylation is 2. The summed E-state index contributed by atoms with van der Waals surface area (Å²) in [5.74, 6) is -0.0131. The number of ether oxygens (including phenoxy) is 2. The van der Waals surface area contributed by atoms with Crippen LogP contribution in [-0.2, 0) is 21.4 Å². The largest absolute Gasteiger partial charge is 0.495 e. The fourth-order valence-corrected chi connectivity index (χ4v) is 8.77. The average Bonchev–Trinajstić information content (AvgIpc) is 3.65. The summed E-state index contributed by atoms with van der Waals surface area (Å²) < 4.78 is 41.7. The van der Waals surface area contributed by atoms with Gasteiger partial charge in [0.1, 0.15) is 34.6 Å². The van der Waals surface area contributed by atoms with Crippen molar-refractivity contribution in [3.63, 3.8) is 0 Å². The third-order valence-corrected chi connectivity index (χ3v) is 11.7. The Bertz CT molecular complexity index is 2120. The lowest BCUT2D eigenvalue weighted by molar-refractivity contribution is -0.136. The summed E-state index contributed by atoms with van der Waals surface area (Å²) in [6, 6.07) is 16.0. The summed E-state index contributed by atoms with van der Waals surface area (Å²) in [6.07, 6.45) is 0.872. The Morgan fingerprint density at radius 1 is 1.00 bits per heavy atom. The molecule has 268 valence electrons. The molecular weight excluding hydrogens is 696 g/mol. The van der Waals surface area contributed by atoms with Crippen LogP contribution in [0.4, 0.5) is 0 Å². The zero-order chi connectivity index (χ0) is 36.4. The Morgan fingerprint density at radius 3 is 2.37 bits per heavy atom. The van der Waals surface area contributed by atoms with Crippen molar-refractivity contribution in [1.82, 2.24) is 19.1 Å². The summed E-state index contributed by atoms with van der Waals surface area (Å²) in [7, 11) is -2.84. The number of hydrogen-bond acceptors (Lipinski definition) is 9. The average molecular weight is 735 g/mol. The highest BCUT2D eigenvalue weighted by atomic mass is 35.5. The van der Waals surface area contributed by atoms with E-state index in [1.54, 1.807) is 40.1 Å². The number of nitrogens with two attached hydrogens (primary N) is 1. The number of aromatic nitrogens is 1.